The van der Waals surface area contributed by atoms with E-state index < -0.39 is 6.04 Å². The monoisotopic (exact) mass is 502 g/mol. The number of nitrogens with zero attached hydrogens (tertiary/aromatic N) is 1. The van der Waals surface area contributed by atoms with Crippen molar-refractivity contribution < 1.29 is 14.3 Å². The zero-order chi connectivity index (χ0) is 25.5. The number of carbonyl (C=O) groups is 2. The number of benzene rings is 3. The van der Waals surface area contributed by atoms with Crippen LogP contribution >= 0.6 is 11.6 Å². The lowest BCUT2D eigenvalue weighted by molar-refractivity contribution is -0.126. The standard InChI is InChI=1S/C30H31ClN2O3/c1-21-11-6-8-17-26(23-14-10-15-24(31)20-23)32-29(34)27(19-22-12-4-3-5-13-22)33(2)30(35)25-16-7-9-18-28(25)36-21/h3-10,12-16,18,20-21,26-27H,11,17,19H2,1-2H3,(H,32,34)/b8-6+/t21-,26-,27+/m0/s1. The Hall–Kier alpha value is -3.57. The third-order valence-electron chi connectivity index (χ3n) is 6.38. The molecule has 3 atom stereocenters. The van der Waals surface area contributed by atoms with E-state index in [-0.39, 0.29) is 24.0 Å². The largest absolute Gasteiger partial charge is 0.490 e. The van der Waals surface area contributed by atoms with Gasteiger partial charge in [0.05, 0.1) is 17.7 Å². The molecule has 0 unspecified atom stereocenters. The molecule has 3 aromatic rings. The number of ether oxygens (including phenoxy) is 1. The molecule has 0 bridgehead atoms. The summed E-state index contributed by atoms with van der Waals surface area (Å²) in [5, 5.41) is 3.81. The quantitative estimate of drug-likeness (QED) is 0.447. The van der Waals surface area contributed by atoms with Gasteiger partial charge in [-0.1, -0.05) is 78.4 Å². The van der Waals surface area contributed by atoms with Crippen molar-refractivity contribution in [2.24, 2.45) is 0 Å². The lowest BCUT2D eigenvalue weighted by atomic mass is 9.99. The van der Waals surface area contributed by atoms with Crippen LogP contribution in [0.4, 0.5) is 0 Å². The van der Waals surface area contributed by atoms with Gasteiger partial charge < -0.3 is 15.0 Å². The molecule has 0 spiro atoms. The number of nitrogens with one attached hydrogen (secondary N) is 1. The Kier molecular flexibility index (Phi) is 8.44. The molecular weight excluding hydrogens is 472 g/mol. The van der Waals surface area contributed by atoms with Gasteiger partial charge in [-0.2, -0.15) is 0 Å². The van der Waals surface area contributed by atoms with Gasteiger partial charge in [0.15, 0.2) is 0 Å². The van der Waals surface area contributed by atoms with E-state index in [1.165, 1.54) is 4.90 Å². The second-order valence-corrected chi connectivity index (χ2v) is 9.54. The van der Waals surface area contributed by atoms with Crippen molar-refractivity contribution in [1.82, 2.24) is 10.2 Å². The fourth-order valence-electron chi connectivity index (χ4n) is 4.38. The lowest BCUT2D eigenvalue weighted by Crippen LogP contribution is -2.49. The molecule has 0 saturated heterocycles. The Morgan fingerprint density at radius 1 is 0.944 bits per heavy atom. The van der Waals surface area contributed by atoms with Crippen LogP contribution in [0.1, 0.15) is 47.3 Å². The summed E-state index contributed by atoms with van der Waals surface area (Å²) in [5.74, 6) is 0.0284. The summed E-state index contributed by atoms with van der Waals surface area (Å²) in [4.78, 5) is 29.0. The van der Waals surface area contributed by atoms with Crippen molar-refractivity contribution in [2.75, 3.05) is 7.05 Å². The minimum atomic E-state index is -0.723. The Bertz CT molecular complexity index is 1230. The maximum Gasteiger partial charge on any atom is 0.258 e. The molecule has 4 rings (SSSR count). The molecule has 0 saturated carbocycles. The van der Waals surface area contributed by atoms with Crippen LogP contribution in [-0.4, -0.2) is 35.9 Å². The zero-order valence-electron chi connectivity index (χ0n) is 20.6. The summed E-state index contributed by atoms with van der Waals surface area (Å²) < 4.78 is 6.15. The van der Waals surface area contributed by atoms with Gasteiger partial charge in [-0.25, -0.2) is 0 Å². The van der Waals surface area contributed by atoms with E-state index in [4.69, 9.17) is 16.3 Å². The molecule has 0 aliphatic carbocycles. The Labute approximate surface area is 217 Å². The molecule has 0 aromatic heterocycles. The summed E-state index contributed by atoms with van der Waals surface area (Å²) in [5.41, 5.74) is 2.32. The van der Waals surface area contributed by atoms with Gasteiger partial charge in [0.1, 0.15) is 11.8 Å². The van der Waals surface area contributed by atoms with E-state index >= 15 is 0 Å². The van der Waals surface area contributed by atoms with E-state index in [0.717, 1.165) is 11.1 Å². The van der Waals surface area contributed by atoms with E-state index in [1.807, 2.05) is 73.7 Å². The van der Waals surface area contributed by atoms with E-state index in [9.17, 15) is 9.59 Å². The highest BCUT2D eigenvalue weighted by atomic mass is 35.5. The first-order chi connectivity index (χ1) is 17.4. The summed E-state index contributed by atoms with van der Waals surface area (Å²) in [6, 6.07) is 23.4. The molecule has 1 heterocycles. The predicted molar refractivity (Wildman–Crippen MR) is 143 cm³/mol. The van der Waals surface area contributed by atoms with Crippen LogP contribution in [0, 0.1) is 0 Å². The van der Waals surface area contributed by atoms with Crippen LogP contribution in [0.5, 0.6) is 5.75 Å². The molecule has 3 aromatic carbocycles. The third-order valence-corrected chi connectivity index (χ3v) is 6.62. The van der Waals surface area contributed by atoms with Crippen molar-refractivity contribution in [2.45, 2.75) is 44.4 Å². The number of carbonyl (C=O) groups excluding carboxylic acids is 2. The predicted octanol–water partition coefficient (Wildman–Crippen LogP) is 6.00. The number of hydrogen-bond acceptors (Lipinski definition) is 3. The molecule has 36 heavy (non-hydrogen) atoms. The first-order valence-electron chi connectivity index (χ1n) is 12.2. The maximum absolute atomic E-state index is 13.8. The first-order valence-corrected chi connectivity index (χ1v) is 12.6. The number of fused-ring (bicyclic) bond motifs is 1. The summed E-state index contributed by atoms with van der Waals surface area (Å²) in [7, 11) is 1.68. The number of hydrogen-bond donors (Lipinski definition) is 1. The van der Waals surface area contributed by atoms with E-state index in [2.05, 4.69) is 17.5 Å². The van der Waals surface area contributed by atoms with Crippen LogP contribution in [0.25, 0.3) is 0 Å². The molecule has 1 aliphatic rings. The van der Waals surface area contributed by atoms with Gasteiger partial charge in [0, 0.05) is 24.9 Å². The summed E-state index contributed by atoms with van der Waals surface area (Å²) in [6.07, 6.45) is 5.63. The number of likely N-dealkylation sites (N-methyl/N-ethyl adjacent to an activating group) is 1. The summed E-state index contributed by atoms with van der Waals surface area (Å²) >= 11 is 6.26. The van der Waals surface area contributed by atoms with Crippen molar-refractivity contribution in [3.63, 3.8) is 0 Å². The van der Waals surface area contributed by atoms with Crippen LogP contribution in [0.3, 0.4) is 0 Å². The van der Waals surface area contributed by atoms with E-state index in [1.54, 1.807) is 19.2 Å². The Morgan fingerprint density at radius 2 is 1.67 bits per heavy atom. The van der Waals surface area contributed by atoms with Gasteiger partial charge in [-0.15, -0.1) is 0 Å². The second-order valence-electron chi connectivity index (χ2n) is 9.11. The average Bonchev–Trinajstić information content (AvgIpc) is 2.88. The molecule has 186 valence electrons. The van der Waals surface area contributed by atoms with Crippen LogP contribution in [0.2, 0.25) is 5.02 Å². The molecule has 5 nitrogen and oxygen atoms in total. The van der Waals surface area contributed by atoms with E-state index in [0.29, 0.717) is 35.6 Å². The number of para-hydroxylation sites is 1. The van der Waals surface area contributed by atoms with Crippen molar-refractivity contribution in [3.8, 4) is 5.75 Å². The molecule has 0 fully saturated rings. The molecule has 2 amide bonds. The maximum atomic E-state index is 13.8. The molecule has 0 radical (unpaired) electrons. The minimum Gasteiger partial charge on any atom is -0.490 e. The zero-order valence-corrected chi connectivity index (χ0v) is 21.3. The normalized spacial score (nSPS) is 22.1. The van der Waals surface area contributed by atoms with Crippen molar-refractivity contribution >= 4 is 23.4 Å². The molecule has 6 heteroatoms. The minimum absolute atomic E-state index is 0.122. The van der Waals surface area contributed by atoms with Crippen molar-refractivity contribution in [3.05, 3.63) is 113 Å². The highest BCUT2D eigenvalue weighted by Gasteiger charge is 2.31. The van der Waals surface area contributed by atoms with Gasteiger partial charge in [-0.05, 0) is 48.7 Å². The first kappa shape index (κ1) is 25.5. The van der Waals surface area contributed by atoms with Gasteiger partial charge in [0.2, 0.25) is 5.91 Å². The molecule has 1 N–H and O–H groups in total. The van der Waals surface area contributed by atoms with Gasteiger partial charge in [0.25, 0.3) is 5.91 Å². The topological polar surface area (TPSA) is 58.6 Å². The summed E-state index contributed by atoms with van der Waals surface area (Å²) in [6.45, 7) is 1.98. The van der Waals surface area contributed by atoms with Gasteiger partial charge in [-0.3, -0.25) is 9.59 Å². The molecule has 1 aliphatic heterocycles. The Balaban J connectivity index is 1.73. The smallest absolute Gasteiger partial charge is 0.258 e. The Morgan fingerprint density at radius 3 is 2.44 bits per heavy atom. The number of halogens is 1. The second kappa shape index (κ2) is 11.9. The molecular formula is C30H31ClN2O3. The number of rotatable bonds is 3. The van der Waals surface area contributed by atoms with Crippen LogP contribution < -0.4 is 10.1 Å². The highest BCUT2D eigenvalue weighted by molar-refractivity contribution is 6.30. The SMILES string of the molecule is C[C@H]1C/C=C/C[C@@H](c2cccc(Cl)c2)NC(=O)[C@@H](Cc2ccccc2)N(C)C(=O)c2ccccc2O1. The average molecular weight is 503 g/mol. The van der Waals surface area contributed by atoms with Gasteiger partial charge >= 0.3 is 0 Å². The number of amides is 2. The van der Waals surface area contributed by atoms with Crippen LogP contribution in [-0.2, 0) is 11.2 Å². The fourth-order valence-corrected chi connectivity index (χ4v) is 4.57. The van der Waals surface area contributed by atoms with Crippen molar-refractivity contribution in [1.29, 1.82) is 0 Å². The fraction of sp³-hybridized carbons (Fsp3) is 0.267. The third kappa shape index (κ3) is 6.35. The highest BCUT2D eigenvalue weighted by Crippen LogP contribution is 2.26. The van der Waals surface area contributed by atoms with Crippen LogP contribution in [0.15, 0.2) is 91.0 Å². The lowest BCUT2D eigenvalue weighted by Gasteiger charge is -2.30.